The van der Waals surface area contributed by atoms with Crippen molar-refractivity contribution in [3.8, 4) is 23.6 Å². The van der Waals surface area contributed by atoms with Crippen LogP contribution in [0.25, 0.3) is 11.3 Å². The zero-order valence-corrected chi connectivity index (χ0v) is 15.2. The third-order valence-electron chi connectivity index (χ3n) is 4.11. The van der Waals surface area contributed by atoms with Gasteiger partial charge in [0.25, 0.3) is 0 Å². The Morgan fingerprint density at radius 3 is 2.22 bits per heavy atom. The number of aromatic nitrogens is 1. The van der Waals surface area contributed by atoms with Gasteiger partial charge in [0.05, 0.1) is 11.3 Å². The average Bonchev–Trinajstić information content (AvgIpc) is 2.77. The van der Waals surface area contributed by atoms with Crippen LogP contribution in [0.3, 0.4) is 0 Å². The van der Waals surface area contributed by atoms with E-state index < -0.39 is 0 Å². The highest BCUT2D eigenvalue weighted by molar-refractivity contribution is 5.72. The Labute approximate surface area is 140 Å². The molecule has 0 aliphatic heterocycles. The standard InChI is InChI=1S/C21H27NO/c1-8-18-16(4)20(21(5,6)7)22(14-23-9-2)19(18)17-12-10-15(3)11-13-17/h1,10-13H,9,14H2,2-7H3. The summed E-state index contributed by atoms with van der Waals surface area (Å²) >= 11 is 0. The van der Waals surface area contributed by atoms with E-state index in [4.69, 9.17) is 11.2 Å². The number of ether oxygens (including phenoxy) is 1. The van der Waals surface area contributed by atoms with Crippen molar-refractivity contribution in [1.82, 2.24) is 4.57 Å². The summed E-state index contributed by atoms with van der Waals surface area (Å²) < 4.78 is 8.00. The van der Waals surface area contributed by atoms with Gasteiger partial charge in [-0.05, 0) is 31.9 Å². The minimum Gasteiger partial charge on any atom is -0.361 e. The Morgan fingerprint density at radius 1 is 1.13 bits per heavy atom. The van der Waals surface area contributed by atoms with Crippen molar-refractivity contribution in [2.75, 3.05) is 6.61 Å². The second-order valence-corrected chi connectivity index (χ2v) is 7.01. The number of benzene rings is 1. The average molecular weight is 309 g/mol. The molecule has 0 atom stereocenters. The van der Waals surface area contributed by atoms with Crippen molar-refractivity contribution in [2.45, 2.75) is 53.7 Å². The molecule has 0 saturated carbocycles. The lowest BCUT2D eigenvalue weighted by Gasteiger charge is -2.24. The Bertz CT molecular complexity index is 721. The van der Waals surface area contributed by atoms with Gasteiger partial charge in [-0.3, -0.25) is 0 Å². The van der Waals surface area contributed by atoms with Gasteiger partial charge in [-0.2, -0.15) is 0 Å². The lowest BCUT2D eigenvalue weighted by Crippen LogP contribution is -2.20. The number of hydrogen-bond acceptors (Lipinski definition) is 1. The molecule has 122 valence electrons. The monoisotopic (exact) mass is 309 g/mol. The molecule has 1 heterocycles. The minimum absolute atomic E-state index is 0.00423. The maximum Gasteiger partial charge on any atom is 0.123 e. The predicted molar refractivity (Wildman–Crippen MR) is 97.6 cm³/mol. The maximum absolute atomic E-state index is 5.87. The molecule has 0 fully saturated rings. The first-order chi connectivity index (χ1) is 10.8. The molecule has 2 nitrogen and oxygen atoms in total. The number of nitrogens with zero attached hydrogens (tertiary/aromatic N) is 1. The van der Waals surface area contributed by atoms with Crippen molar-refractivity contribution < 1.29 is 4.74 Å². The van der Waals surface area contributed by atoms with Crippen LogP contribution in [-0.2, 0) is 16.9 Å². The molecule has 0 bridgehead atoms. The van der Waals surface area contributed by atoms with Gasteiger partial charge in [0.15, 0.2) is 0 Å². The summed E-state index contributed by atoms with van der Waals surface area (Å²) in [4.78, 5) is 0. The lowest BCUT2D eigenvalue weighted by atomic mass is 9.89. The van der Waals surface area contributed by atoms with Crippen molar-refractivity contribution in [1.29, 1.82) is 0 Å². The van der Waals surface area contributed by atoms with Crippen LogP contribution in [0.5, 0.6) is 0 Å². The van der Waals surface area contributed by atoms with Crippen LogP contribution < -0.4 is 0 Å². The quantitative estimate of drug-likeness (QED) is 0.721. The summed E-state index contributed by atoms with van der Waals surface area (Å²) in [5.74, 6) is 2.91. The highest BCUT2D eigenvalue weighted by Gasteiger charge is 2.27. The molecular formula is C21H27NO. The normalized spacial score (nSPS) is 11.5. The Kier molecular flexibility index (Phi) is 5.02. The van der Waals surface area contributed by atoms with Gasteiger partial charge in [-0.1, -0.05) is 56.5 Å². The van der Waals surface area contributed by atoms with Gasteiger partial charge in [-0.15, -0.1) is 6.42 Å². The van der Waals surface area contributed by atoms with Crippen LogP contribution >= 0.6 is 0 Å². The van der Waals surface area contributed by atoms with Crippen molar-refractivity contribution >= 4 is 0 Å². The molecule has 0 saturated heterocycles. The van der Waals surface area contributed by atoms with Crippen LogP contribution in [0.15, 0.2) is 24.3 Å². The van der Waals surface area contributed by atoms with Gasteiger partial charge < -0.3 is 9.30 Å². The molecule has 1 aromatic carbocycles. The topological polar surface area (TPSA) is 14.2 Å². The predicted octanol–water partition coefficient (Wildman–Crippen LogP) is 5.04. The fourth-order valence-corrected chi connectivity index (χ4v) is 3.21. The van der Waals surface area contributed by atoms with Gasteiger partial charge in [0.2, 0.25) is 0 Å². The van der Waals surface area contributed by atoms with E-state index >= 15 is 0 Å². The van der Waals surface area contributed by atoms with Crippen LogP contribution in [0, 0.1) is 26.2 Å². The van der Waals surface area contributed by atoms with E-state index in [1.165, 1.54) is 16.8 Å². The van der Waals surface area contributed by atoms with Gasteiger partial charge in [0.1, 0.15) is 6.73 Å². The van der Waals surface area contributed by atoms with E-state index in [2.05, 4.69) is 69.4 Å². The van der Waals surface area contributed by atoms with E-state index in [1.54, 1.807) is 0 Å². The number of aryl methyl sites for hydroxylation is 1. The third kappa shape index (κ3) is 3.35. The molecule has 0 spiro atoms. The Hall–Kier alpha value is -1.98. The van der Waals surface area contributed by atoms with Crippen LogP contribution in [0.4, 0.5) is 0 Å². The van der Waals surface area contributed by atoms with Crippen LogP contribution in [-0.4, -0.2) is 11.2 Å². The molecule has 0 radical (unpaired) electrons. The number of rotatable bonds is 4. The largest absolute Gasteiger partial charge is 0.361 e. The molecule has 23 heavy (non-hydrogen) atoms. The van der Waals surface area contributed by atoms with Gasteiger partial charge >= 0.3 is 0 Å². The fraction of sp³-hybridized carbons (Fsp3) is 0.429. The summed E-state index contributed by atoms with van der Waals surface area (Å²) in [6, 6.07) is 8.53. The van der Waals surface area contributed by atoms with Gasteiger partial charge in [-0.25, -0.2) is 0 Å². The first kappa shape index (κ1) is 17.4. The SMILES string of the molecule is C#Cc1c(C)c(C(C)(C)C)n(COCC)c1-c1ccc(C)cc1. The molecule has 2 heteroatoms. The molecule has 2 rings (SSSR count). The number of terminal acetylenes is 1. The van der Waals surface area contributed by atoms with E-state index in [0.717, 1.165) is 16.8 Å². The highest BCUT2D eigenvalue weighted by atomic mass is 16.5. The first-order valence-electron chi connectivity index (χ1n) is 8.16. The first-order valence-corrected chi connectivity index (χ1v) is 8.16. The zero-order chi connectivity index (χ0) is 17.2. The molecule has 0 amide bonds. The summed E-state index contributed by atoms with van der Waals surface area (Å²) in [5, 5.41) is 0. The van der Waals surface area contributed by atoms with Crippen molar-refractivity contribution in [2.24, 2.45) is 0 Å². The second kappa shape index (κ2) is 6.64. The van der Waals surface area contributed by atoms with E-state index in [1.807, 2.05) is 6.92 Å². The molecule has 1 aromatic heterocycles. The van der Waals surface area contributed by atoms with E-state index in [0.29, 0.717) is 13.3 Å². The Morgan fingerprint density at radius 2 is 1.74 bits per heavy atom. The van der Waals surface area contributed by atoms with Crippen molar-refractivity contribution in [3.63, 3.8) is 0 Å². The third-order valence-corrected chi connectivity index (χ3v) is 4.11. The summed E-state index contributed by atoms with van der Waals surface area (Å²) in [6.45, 7) is 14.1. The lowest BCUT2D eigenvalue weighted by molar-refractivity contribution is 0.0853. The maximum atomic E-state index is 5.87. The summed E-state index contributed by atoms with van der Waals surface area (Å²) in [7, 11) is 0. The van der Waals surface area contributed by atoms with Crippen molar-refractivity contribution in [3.05, 3.63) is 46.6 Å². The minimum atomic E-state index is -0.00423. The van der Waals surface area contributed by atoms with Gasteiger partial charge in [0, 0.05) is 17.7 Å². The summed E-state index contributed by atoms with van der Waals surface area (Å²) in [5.41, 5.74) is 6.86. The van der Waals surface area contributed by atoms with Crippen LogP contribution in [0.2, 0.25) is 0 Å². The van der Waals surface area contributed by atoms with E-state index in [9.17, 15) is 0 Å². The molecular weight excluding hydrogens is 282 g/mol. The zero-order valence-electron chi connectivity index (χ0n) is 15.2. The Balaban J connectivity index is 2.77. The molecule has 2 aromatic rings. The number of hydrogen-bond donors (Lipinski definition) is 0. The van der Waals surface area contributed by atoms with Crippen LogP contribution in [0.1, 0.15) is 50.1 Å². The second-order valence-electron chi connectivity index (χ2n) is 7.01. The smallest absolute Gasteiger partial charge is 0.123 e. The highest BCUT2D eigenvalue weighted by Crippen LogP contribution is 2.37. The fourth-order valence-electron chi connectivity index (χ4n) is 3.21. The van der Waals surface area contributed by atoms with E-state index in [-0.39, 0.29) is 5.41 Å². The molecule has 0 aliphatic rings. The molecule has 0 N–H and O–H groups in total. The molecule has 0 unspecified atom stereocenters. The molecule has 0 aliphatic carbocycles. The summed E-state index contributed by atoms with van der Waals surface area (Å²) in [6.07, 6.45) is 5.87.